The van der Waals surface area contributed by atoms with Gasteiger partial charge in [0.25, 0.3) is 0 Å². The monoisotopic (exact) mass is 286 g/mol. The van der Waals surface area contributed by atoms with E-state index < -0.39 is 6.29 Å². The van der Waals surface area contributed by atoms with Crippen LogP contribution in [0.15, 0.2) is 18.2 Å². The average molecular weight is 286 g/mol. The fourth-order valence-corrected chi connectivity index (χ4v) is 1.90. The molecule has 0 fully saturated rings. The number of hydrogen-bond donors (Lipinski definition) is 2. The molecule has 110 valence electrons. The zero-order chi connectivity index (χ0) is 14.8. The van der Waals surface area contributed by atoms with Crippen LogP contribution in [0, 0.1) is 5.92 Å². The van der Waals surface area contributed by atoms with Gasteiger partial charge in [0.1, 0.15) is 0 Å². The Balaban J connectivity index is 2.00. The number of amides is 1. The van der Waals surface area contributed by atoms with E-state index in [9.17, 15) is 13.6 Å². The molecular formula is C13H16F2N2O3. The van der Waals surface area contributed by atoms with Crippen LogP contribution in [0.5, 0.6) is 11.5 Å². The van der Waals surface area contributed by atoms with Gasteiger partial charge in [-0.15, -0.1) is 8.78 Å². The van der Waals surface area contributed by atoms with Crippen LogP contribution >= 0.6 is 0 Å². The highest BCUT2D eigenvalue weighted by Crippen LogP contribution is 2.42. The molecule has 0 aliphatic carbocycles. The number of halogens is 2. The molecule has 0 saturated heterocycles. The first-order valence-electron chi connectivity index (χ1n) is 6.33. The molecule has 0 aromatic heterocycles. The maximum Gasteiger partial charge on any atom is 0.586 e. The normalized spacial score (nSPS) is 16.8. The zero-order valence-electron chi connectivity index (χ0n) is 11.0. The van der Waals surface area contributed by atoms with Crippen molar-refractivity contribution in [2.24, 2.45) is 11.7 Å². The molecule has 5 nitrogen and oxygen atoms in total. The molecule has 20 heavy (non-hydrogen) atoms. The minimum atomic E-state index is -3.65. The van der Waals surface area contributed by atoms with Crippen molar-refractivity contribution >= 4 is 11.6 Å². The van der Waals surface area contributed by atoms with E-state index >= 15 is 0 Å². The van der Waals surface area contributed by atoms with Gasteiger partial charge in [-0.2, -0.15) is 0 Å². The van der Waals surface area contributed by atoms with E-state index in [0.717, 1.165) is 6.42 Å². The summed E-state index contributed by atoms with van der Waals surface area (Å²) in [5.41, 5.74) is 5.91. The average Bonchev–Trinajstić information content (AvgIpc) is 2.69. The smallest absolute Gasteiger partial charge is 0.395 e. The Kier molecular flexibility index (Phi) is 4.08. The quantitative estimate of drug-likeness (QED) is 0.871. The lowest BCUT2D eigenvalue weighted by Crippen LogP contribution is -2.25. The zero-order valence-corrected chi connectivity index (χ0v) is 11.0. The minimum Gasteiger partial charge on any atom is -0.395 e. The van der Waals surface area contributed by atoms with E-state index in [1.54, 1.807) is 0 Å². The lowest BCUT2D eigenvalue weighted by molar-refractivity contribution is -0.286. The minimum absolute atomic E-state index is 0.0543. The maximum absolute atomic E-state index is 12.8. The summed E-state index contributed by atoms with van der Waals surface area (Å²) in [4.78, 5) is 11.8. The number of anilines is 1. The highest BCUT2D eigenvalue weighted by atomic mass is 19.3. The molecule has 2 rings (SSSR count). The molecule has 0 spiro atoms. The van der Waals surface area contributed by atoms with Gasteiger partial charge in [-0.3, -0.25) is 4.79 Å². The van der Waals surface area contributed by atoms with E-state index in [-0.39, 0.29) is 29.7 Å². The highest BCUT2D eigenvalue weighted by Gasteiger charge is 2.43. The lowest BCUT2D eigenvalue weighted by Gasteiger charge is -2.12. The largest absolute Gasteiger partial charge is 0.586 e. The Labute approximate surface area is 115 Å². The summed E-state index contributed by atoms with van der Waals surface area (Å²) in [5.74, 6) is -0.263. The molecular weight excluding hydrogens is 270 g/mol. The van der Waals surface area contributed by atoms with Gasteiger partial charge in [0.2, 0.25) is 5.91 Å². The molecule has 3 N–H and O–H groups in total. The number of fused-ring (bicyclic) bond motifs is 1. The van der Waals surface area contributed by atoms with Crippen molar-refractivity contribution in [2.75, 3.05) is 11.9 Å². The summed E-state index contributed by atoms with van der Waals surface area (Å²) in [6, 6.07) is 4.11. The Morgan fingerprint density at radius 3 is 2.75 bits per heavy atom. The topological polar surface area (TPSA) is 73.6 Å². The Morgan fingerprint density at radius 1 is 1.40 bits per heavy atom. The van der Waals surface area contributed by atoms with Crippen LogP contribution in [0.3, 0.4) is 0 Å². The predicted octanol–water partition coefficient (Wildman–Crippen LogP) is 2.32. The number of nitrogens with one attached hydrogen (secondary N) is 1. The summed E-state index contributed by atoms with van der Waals surface area (Å²) in [6.07, 6.45) is -2.56. The maximum atomic E-state index is 12.8. The Hall–Kier alpha value is -1.89. The molecule has 1 aliphatic heterocycles. The van der Waals surface area contributed by atoms with Crippen LogP contribution in [0.1, 0.15) is 19.8 Å². The van der Waals surface area contributed by atoms with E-state index in [2.05, 4.69) is 14.8 Å². The molecule has 1 aromatic carbocycles. The van der Waals surface area contributed by atoms with E-state index in [1.807, 2.05) is 6.92 Å². The summed E-state index contributed by atoms with van der Waals surface area (Å²) in [7, 11) is 0. The van der Waals surface area contributed by atoms with E-state index in [4.69, 9.17) is 5.73 Å². The van der Waals surface area contributed by atoms with Crippen LogP contribution in [-0.4, -0.2) is 18.7 Å². The van der Waals surface area contributed by atoms with Crippen molar-refractivity contribution in [1.82, 2.24) is 0 Å². The van der Waals surface area contributed by atoms with Gasteiger partial charge in [-0.05, 0) is 24.6 Å². The van der Waals surface area contributed by atoms with Crippen LogP contribution in [0.25, 0.3) is 0 Å². The third kappa shape index (κ3) is 3.36. The second kappa shape index (κ2) is 5.62. The second-order valence-electron chi connectivity index (χ2n) is 4.59. The number of carbonyl (C=O) groups is 1. The highest BCUT2D eigenvalue weighted by molar-refractivity contribution is 5.91. The summed E-state index contributed by atoms with van der Waals surface area (Å²) in [5, 5.41) is 2.62. The first kappa shape index (κ1) is 14.5. The molecule has 1 amide bonds. The molecule has 1 heterocycles. The van der Waals surface area contributed by atoms with Gasteiger partial charge in [-0.25, -0.2) is 0 Å². The van der Waals surface area contributed by atoms with Gasteiger partial charge in [0.05, 0.1) is 0 Å². The first-order valence-corrected chi connectivity index (χ1v) is 6.33. The van der Waals surface area contributed by atoms with E-state index in [1.165, 1.54) is 18.2 Å². The number of ether oxygens (including phenoxy) is 2. The summed E-state index contributed by atoms with van der Waals surface area (Å²) in [6.45, 7) is 2.38. The Morgan fingerprint density at radius 2 is 2.10 bits per heavy atom. The summed E-state index contributed by atoms with van der Waals surface area (Å²) < 4.78 is 34.3. The van der Waals surface area contributed by atoms with Crippen molar-refractivity contribution in [3.63, 3.8) is 0 Å². The molecule has 1 atom stereocenters. The predicted molar refractivity (Wildman–Crippen MR) is 68.7 cm³/mol. The molecule has 1 aliphatic rings. The number of rotatable bonds is 5. The SMILES string of the molecule is CCC(CN)CC(=O)Nc1ccc2c(c1)OC(F)(F)O2. The van der Waals surface area contributed by atoms with Crippen LogP contribution in [0.2, 0.25) is 0 Å². The third-order valence-corrected chi connectivity index (χ3v) is 3.07. The molecule has 7 heteroatoms. The van der Waals surface area contributed by atoms with Crippen molar-refractivity contribution in [1.29, 1.82) is 0 Å². The Bertz CT molecular complexity index is 504. The second-order valence-corrected chi connectivity index (χ2v) is 4.59. The number of hydrogen-bond acceptors (Lipinski definition) is 4. The van der Waals surface area contributed by atoms with Crippen LogP contribution < -0.4 is 20.5 Å². The van der Waals surface area contributed by atoms with Gasteiger partial charge < -0.3 is 20.5 Å². The third-order valence-electron chi connectivity index (χ3n) is 3.07. The van der Waals surface area contributed by atoms with Crippen LogP contribution in [-0.2, 0) is 4.79 Å². The summed E-state index contributed by atoms with van der Waals surface area (Å²) >= 11 is 0. The lowest BCUT2D eigenvalue weighted by atomic mass is 10.0. The van der Waals surface area contributed by atoms with Crippen molar-refractivity contribution in [2.45, 2.75) is 26.1 Å². The standard InChI is InChI=1S/C13H16F2N2O3/c1-2-8(7-16)5-12(18)17-9-3-4-10-11(6-9)20-13(14,15)19-10/h3-4,6,8H,2,5,7,16H2,1H3,(H,17,18). The molecule has 0 saturated carbocycles. The van der Waals surface area contributed by atoms with Crippen LogP contribution in [0.4, 0.5) is 14.5 Å². The fourth-order valence-electron chi connectivity index (χ4n) is 1.90. The van der Waals surface area contributed by atoms with Gasteiger partial charge in [0.15, 0.2) is 11.5 Å². The molecule has 1 aromatic rings. The van der Waals surface area contributed by atoms with Crippen molar-refractivity contribution < 1.29 is 23.0 Å². The number of nitrogens with two attached hydrogens (primary N) is 1. The van der Waals surface area contributed by atoms with Gasteiger partial charge in [-0.1, -0.05) is 13.3 Å². The molecule has 0 radical (unpaired) electrons. The number of carbonyl (C=O) groups excluding carboxylic acids is 1. The molecule has 1 unspecified atom stereocenters. The number of alkyl halides is 2. The molecule has 0 bridgehead atoms. The fraction of sp³-hybridized carbons (Fsp3) is 0.462. The first-order chi connectivity index (χ1) is 9.43. The number of benzene rings is 1. The van der Waals surface area contributed by atoms with Crippen molar-refractivity contribution in [3.8, 4) is 11.5 Å². The van der Waals surface area contributed by atoms with Gasteiger partial charge >= 0.3 is 6.29 Å². The van der Waals surface area contributed by atoms with E-state index in [0.29, 0.717) is 12.2 Å². The van der Waals surface area contributed by atoms with Crippen molar-refractivity contribution in [3.05, 3.63) is 18.2 Å². The van der Waals surface area contributed by atoms with Gasteiger partial charge in [0, 0.05) is 18.2 Å².